The number of carbonyl (C=O) groups excluding carboxylic acids is 1. The summed E-state index contributed by atoms with van der Waals surface area (Å²) in [5.41, 5.74) is 1.16. The fraction of sp³-hybridized carbons (Fsp3) is 0.316. The number of sulfonamides is 1. The maximum atomic E-state index is 13.3. The van der Waals surface area contributed by atoms with Crippen molar-refractivity contribution in [1.29, 1.82) is 0 Å². The van der Waals surface area contributed by atoms with E-state index in [1.165, 1.54) is 12.1 Å². The van der Waals surface area contributed by atoms with Crippen LogP contribution < -0.4 is 10.5 Å². The van der Waals surface area contributed by atoms with Gasteiger partial charge < -0.3 is 5.32 Å². The second kappa shape index (κ2) is 6.38. The van der Waals surface area contributed by atoms with E-state index in [0.717, 1.165) is 17.7 Å². The number of anilines is 1. The van der Waals surface area contributed by atoms with E-state index in [-0.39, 0.29) is 33.7 Å². The Labute approximate surface area is 156 Å². The number of amides is 1. The number of aryl methyl sites for hydroxylation is 1. The van der Waals surface area contributed by atoms with Gasteiger partial charge in [-0.15, -0.1) is 0 Å². The monoisotopic (exact) mass is 394 g/mol. The molecule has 0 spiro atoms. The van der Waals surface area contributed by atoms with Crippen molar-refractivity contribution >= 4 is 21.6 Å². The van der Waals surface area contributed by atoms with Crippen molar-refractivity contribution in [1.82, 2.24) is 0 Å². The Morgan fingerprint density at radius 1 is 1.11 bits per heavy atom. The largest absolute Gasteiger partial charge is 0.326 e. The second-order valence-corrected chi connectivity index (χ2v) is 8.99. The van der Waals surface area contributed by atoms with Crippen molar-refractivity contribution < 1.29 is 22.0 Å². The molecule has 0 radical (unpaired) electrons. The Bertz CT molecular complexity index is 1040. The quantitative estimate of drug-likeness (QED) is 0.834. The molecular weight excluding hydrogens is 374 g/mol. The van der Waals surface area contributed by atoms with E-state index in [2.05, 4.69) is 5.32 Å². The van der Waals surface area contributed by atoms with E-state index in [1.807, 2.05) is 13.8 Å². The van der Waals surface area contributed by atoms with Gasteiger partial charge in [0.2, 0.25) is 15.9 Å². The lowest BCUT2D eigenvalue weighted by atomic mass is 10.0. The van der Waals surface area contributed by atoms with E-state index >= 15 is 0 Å². The summed E-state index contributed by atoms with van der Waals surface area (Å²) in [5, 5.41) is 7.80. The predicted octanol–water partition coefficient (Wildman–Crippen LogP) is 3.30. The molecule has 0 bridgehead atoms. The zero-order valence-corrected chi connectivity index (χ0v) is 15.9. The van der Waals surface area contributed by atoms with Crippen LogP contribution in [0.25, 0.3) is 0 Å². The highest BCUT2D eigenvalue weighted by atomic mass is 32.2. The SMILES string of the molecule is Cc1cc([C@@H]2[C@@H](C(=O)Nc3ccc(F)c(F)c3)C2(C)C)ccc1S(N)(=O)=O. The van der Waals surface area contributed by atoms with Crippen molar-refractivity contribution in [3.8, 4) is 0 Å². The lowest BCUT2D eigenvalue weighted by Gasteiger charge is -2.08. The third kappa shape index (κ3) is 3.59. The molecule has 1 saturated carbocycles. The first-order valence-electron chi connectivity index (χ1n) is 8.32. The lowest BCUT2D eigenvalue weighted by Crippen LogP contribution is -2.17. The topological polar surface area (TPSA) is 89.3 Å². The minimum Gasteiger partial charge on any atom is -0.326 e. The van der Waals surface area contributed by atoms with E-state index < -0.39 is 21.7 Å². The molecule has 3 N–H and O–H groups in total. The van der Waals surface area contributed by atoms with E-state index in [9.17, 15) is 22.0 Å². The zero-order valence-electron chi connectivity index (χ0n) is 15.1. The molecule has 3 rings (SSSR count). The molecule has 0 heterocycles. The van der Waals surface area contributed by atoms with Crippen LogP contribution in [0, 0.1) is 29.9 Å². The first-order chi connectivity index (χ1) is 12.4. The molecule has 1 aliphatic rings. The van der Waals surface area contributed by atoms with Gasteiger partial charge in [-0.25, -0.2) is 22.3 Å². The van der Waals surface area contributed by atoms with Gasteiger partial charge in [-0.2, -0.15) is 0 Å². The van der Waals surface area contributed by atoms with Gasteiger partial charge in [0.15, 0.2) is 11.6 Å². The van der Waals surface area contributed by atoms with Crippen LogP contribution >= 0.6 is 0 Å². The van der Waals surface area contributed by atoms with Gasteiger partial charge in [0.1, 0.15) is 0 Å². The molecule has 27 heavy (non-hydrogen) atoms. The highest BCUT2D eigenvalue weighted by Gasteiger charge is 2.62. The highest BCUT2D eigenvalue weighted by molar-refractivity contribution is 7.89. The van der Waals surface area contributed by atoms with Crippen LogP contribution in [0.3, 0.4) is 0 Å². The van der Waals surface area contributed by atoms with Gasteiger partial charge >= 0.3 is 0 Å². The summed E-state index contributed by atoms with van der Waals surface area (Å²) in [6, 6.07) is 8.00. The second-order valence-electron chi connectivity index (χ2n) is 7.46. The number of benzene rings is 2. The number of primary sulfonamides is 1. The maximum Gasteiger partial charge on any atom is 0.238 e. The Kier molecular flexibility index (Phi) is 4.60. The molecule has 0 aliphatic heterocycles. The first kappa shape index (κ1) is 19.4. The zero-order chi connectivity index (χ0) is 20.1. The van der Waals surface area contributed by atoms with E-state index in [0.29, 0.717) is 5.56 Å². The number of hydrogen-bond acceptors (Lipinski definition) is 3. The van der Waals surface area contributed by atoms with Gasteiger partial charge in [-0.3, -0.25) is 4.79 Å². The summed E-state index contributed by atoms with van der Waals surface area (Å²) in [7, 11) is -3.81. The van der Waals surface area contributed by atoms with E-state index in [4.69, 9.17) is 5.14 Å². The molecule has 0 aromatic heterocycles. The van der Waals surface area contributed by atoms with Crippen molar-refractivity contribution in [3.05, 3.63) is 59.2 Å². The molecule has 2 aromatic rings. The van der Waals surface area contributed by atoms with Crippen LogP contribution in [0.5, 0.6) is 0 Å². The Morgan fingerprint density at radius 2 is 1.78 bits per heavy atom. The van der Waals surface area contributed by atoms with Gasteiger partial charge in [0.25, 0.3) is 0 Å². The van der Waals surface area contributed by atoms with Gasteiger partial charge in [-0.1, -0.05) is 26.0 Å². The number of nitrogens with two attached hydrogens (primary N) is 1. The van der Waals surface area contributed by atoms with Crippen LogP contribution in [0.2, 0.25) is 0 Å². The summed E-state index contributed by atoms with van der Waals surface area (Å²) < 4.78 is 49.5. The number of rotatable bonds is 4. The molecule has 1 amide bonds. The molecule has 0 saturated heterocycles. The molecule has 2 atom stereocenters. The average Bonchev–Trinajstić information content (AvgIpc) is 3.12. The van der Waals surface area contributed by atoms with Crippen LogP contribution in [0.15, 0.2) is 41.3 Å². The summed E-state index contributed by atoms with van der Waals surface area (Å²) in [6.45, 7) is 5.50. The van der Waals surface area contributed by atoms with Gasteiger partial charge in [0, 0.05) is 17.7 Å². The van der Waals surface area contributed by atoms with Crippen molar-refractivity contribution in [2.24, 2.45) is 16.5 Å². The molecule has 5 nitrogen and oxygen atoms in total. The number of halogens is 2. The molecule has 0 unspecified atom stereocenters. The summed E-state index contributed by atoms with van der Waals surface area (Å²) in [5.74, 6) is -2.83. The number of hydrogen-bond donors (Lipinski definition) is 2. The highest BCUT2D eigenvalue weighted by Crippen LogP contribution is 2.64. The van der Waals surface area contributed by atoms with Crippen molar-refractivity contribution in [2.45, 2.75) is 31.6 Å². The van der Waals surface area contributed by atoms with Crippen LogP contribution in [-0.4, -0.2) is 14.3 Å². The van der Waals surface area contributed by atoms with Gasteiger partial charge in [-0.05, 0) is 41.7 Å². The third-order valence-corrected chi connectivity index (χ3v) is 6.23. The normalized spacial score (nSPS) is 21.0. The Morgan fingerprint density at radius 3 is 2.33 bits per heavy atom. The standard InChI is InChI=1S/C19H20F2N2O3S/c1-10-8-11(4-7-15(10)27(22,25)26)16-17(19(16,2)3)18(24)23-12-5-6-13(20)14(21)9-12/h4-9,16-17H,1-3H3,(H,23,24)(H2,22,25,26)/t16-,17+/m1/s1. The summed E-state index contributed by atoms with van der Waals surface area (Å²) in [6.07, 6.45) is 0. The molecular formula is C19H20F2N2O3S. The fourth-order valence-electron chi connectivity index (χ4n) is 3.73. The molecule has 1 fully saturated rings. The first-order valence-corrected chi connectivity index (χ1v) is 9.87. The maximum absolute atomic E-state index is 13.3. The van der Waals surface area contributed by atoms with Gasteiger partial charge in [0.05, 0.1) is 10.8 Å². The third-order valence-electron chi connectivity index (χ3n) is 5.16. The Hall–Kier alpha value is -2.32. The smallest absolute Gasteiger partial charge is 0.238 e. The summed E-state index contributed by atoms with van der Waals surface area (Å²) >= 11 is 0. The van der Waals surface area contributed by atoms with Crippen molar-refractivity contribution in [2.75, 3.05) is 5.32 Å². The van der Waals surface area contributed by atoms with Crippen molar-refractivity contribution in [3.63, 3.8) is 0 Å². The molecule has 2 aromatic carbocycles. The lowest BCUT2D eigenvalue weighted by molar-refractivity contribution is -0.118. The minimum atomic E-state index is -3.81. The number of nitrogens with one attached hydrogen (secondary N) is 1. The molecule has 1 aliphatic carbocycles. The van der Waals surface area contributed by atoms with Crippen LogP contribution in [0.4, 0.5) is 14.5 Å². The van der Waals surface area contributed by atoms with E-state index in [1.54, 1.807) is 19.1 Å². The molecule has 144 valence electrons. The average molecular weight is 394 g/mol. The number of carbonyl (C=O) groups is 1. The van der Waals surface area contributed by atoms with Crippen LogP contribution in [0.1, 0.15) is 30.9 Å². The summed E-state index contributed by atoms with van der Waals surface area (Å²) in [4.78, 5) is 12.7. The predicted molar refractivity (Wildman–Crippen MR) is 97.6 cm³/mol. The fourth-order valence-corrected chi connectivity index (χ4v) is 4.49. The minimum absolute atomic E-state index is 0.0486. The molecule has 8 heteroatoms. The van der Waals surface area contributed by atoms with Crippen LogP contribution in [-0.2, 0) is 14.8 Å². The Balaban J connectivity index is 1.83.